The Morgan fingerprint density at radius 2 is 2.00 bits per heavy atom. The van der Waals surface area contributed by atoms with E-state index in [1.807, 2.05) is 6.07 Å². The first kappa shape index (κ1) is 18.6. The molecular weight excluding hydrogens is 332 g/mol. The maximum atomic E-state index is 12.3. The van der Waals surface area contributed by atoms with Crippen LogP contribution in [0.4, 0.5) is 5.69 Å². The van der Waals surface area contributed by atoms with E-state index in [-0.39, 0.29) is 11.3 Å². The fourth-order valence-corrected chi connectivity index (χ4v) is 2.10. The number of hydrogen-bond acceptors (Lipinski definition) is 5. The monoisotopic (exact) mass is 350 g/mol. The number of nitrogens with zero attached hydrogens (tertiary/aromatic N) is 1. The summed E-state index contributed by atoms with van der Waals surface area (Å²) in [6.45, 7) is 3.93. The summed E-state index contributed by atoms with van der Waals surface area (Å²) in [5.41, 5.74) is 1.02. The molecule has 0 atom stereocenters. The second kappa shape index (κ2) is 8.94. The zero-order chi connectivity index (χ0) is 18.9. The van der Waals surface area contributed by atoms with Crippen molar-refractivity contribution in [1.29, 1.82) is 5.26 Å². The van der Waals surface area contributed by atoms with Gasteiger partial charge in [-0.3, -0.25) is 4.79 Å². The number of carbonyl (C=O) groups excluding carboxylic acids is 1. The lowest BCUT2D eigenvalue weighted by Crippen LogP contribution is -2.13. The van der Waals surface area contributed by atoms with Crippen LogP contribution in [0.25, 0.3) is 6.08 Å². The van der Waals surface area contributed by atoms with Gasteiger partial charge in [0.1, 0.15) is 24.0 Å². The average Bonchev–Trinajstić information content (AvgIpc) is 2.66. The van der Waals surface area contributed by atoms with E-state index < -0.39 is 5.91 Å². The Morgan fingerprint density at radius 1 is 1.27 bits per heavy atom. The van der Waals surface area contributed by atoms with Gasteiger partial charge in [0.2, 0.25) is 0 Å². The van der Waals surface area contributed by atoms with E-state index in [9.17, 15) is 15.2 Å². The normalized spacial score (nSPS) is 10.5. The Labute approximate surface area is 151 Å². The molecule has 0 fully saturated rings. The van der Waals surface area contributed by atoms with E-state index in [2.05, 4.69) is 11.9 Å². The number of rotatable bonds is 7. The highest BCUT2D eigenvalue weighted by atomic mass is 16.5. The highest BCUT2D eigenvalue weighted by Gasteiger charge is 2.11. The molecule has 0 aliphatic rings. The van der Waals surface area contributed by atoms with Crippen molar-refractivity contribution in [2.45, 2.75) is 0 Å². The molecule has 0 bridgehead atoms. The van der Waals surface area contributed by atoms with E-state index in [4.69, 9.17) is 9.47 Å². The summed E-state index contributed by atoms with van der Waals surface area (Å²) in [7, 11) is 1.51. The van der Waals surface area contributed by atoms with Crippen LogP contribution in [0.2, 0.25) is 0 Å². The number of phenols is 1. The topological polar surface area (TPSA) is 91.6 Å². The SMILES string of the molecule is C=CCOc1ccc(C=C(C#N)C(=O)Nc2ccc(O)cc2)cc1OC. The van der Waals surface area contributed by atoms with Crippen LogP contribution in [0.1, 0.15) is 5.56 Å². The van der Waals surface area contributed by atoms with Gasteiger partial charge in [-0.1, -0.05) is 18.7 Å². The summed E-state index contributed by atoms with van der Waals surface area (Å²) in [6.07, 6.45) is 3.07. The second-order valence-electron chi connectivity index (χ2n) is 5.18. The summed E-state index contributed by atoms with van der Waals surface area (Å²) >= 11 is 0. The number of ether oxygens (including phenoxy) is 2. The van der Waals surface area contributed by atoms with Crippen LogP contribution in [0.5, 0.6) is 17.2 Å². The Balaban J connectivity index is 2.21. The van der Waals surface area contributed by atoms with Gasteiger partial charge in [0, 0.05) is 5.69 Å². The average molecular weight is 350 g/mol. The highest BCUT2D eigenvalue weighted by Crippen LogP contribution is 2.29. The lowest BCUT2D eigenvalue weighted by molar-refractivity contribution is -0.112. The van der Waals surface area contributed by atoms with Crippen LogP contribution in [0.3, 0.4) is 0 Å². The molecule has 2 rings (SSSR count). The summed E-state index contributed by atoms with van der Waals surface area (Å²) in [5.74, 6) is 0.558. The van der Waals surface area contributed by atoms with Crippen LogP contribution < -0.4 is 14.8 Å². The number of anilines is 1. The Hall–Kier alpha value is -3.72. The first-order chi connectivity index (χ1) is 12.6. The molecule has 6 heteroatoms. The summed E-state index contributed by atoms with van der Waals surface area (Å²) in [4.78, 5) is 12.3. The van der Waals surface area contributed by atoms with Crippen molar-refractivity contribution in [2.24, 2.45) is 0 Å². The van der Waals surface area contributed by atoms with Crippen molar-refractivity contribution >= 4 is 17.7 Å². The van der Waals surface area contributed by atoms with Crippen molar-refractivity contribution < 1.29 is 19.4 Å². The second-order valence-corrected chi connectivity index (χ2v) is 5.18. The standard InChI is InChI=1S/C20H18N2O4/c1-3-10-26-18-9-4-14(12-19(18)25-2)11-15(13-21)20(24)22-16-5-7-17(23)8-6-16/h3-9,11-12,23H,1,10H2,2H3,(H,22,24). The van der Waals surface area contributed by atoms with Crippen molar-refractivity contribution in [1.82, 2.24) is 0 Å². The molecule has 0 saturated heterocycles. The number of hydrogen-bond donors (Lipinski definition) is 2. The number of carbonyl (C=O) groups is 1. The molecule has 6 nitrogen and oxygen atoms in total. The number of nitrogens with one attached hydrogen (secondary N) is 1. The molecule has 0 saturated carbocycles. The lowest BCUT2D eigenvalue weighted by Gasteiger charge is -2.10. The number of amides is 1. The third-order valence-electron chi connectivity index (χ3n) is 3.35. The minimum Gasteiger partial charge on any atom is -0.508 e. The number of benzene rings is 2. The van der Waals surface area contributed by atoms with Crippen molar-refractivity contribution in [3.8, 4) is 23.3 Å². The smallest absolute Gasteiger partial charge is 0.266 e. The molecule has 0 aliphatic carbocycles. The van der Waals surface area contributed by atoms with Gasteiger partial charge in [-0.05, 0) is 48.0 Å². The molecule has 2 aromatic carbocycles. The molecule has 0 aliphatic heterocycles. The molecule has 26 heavy (non-hydrogen) atoms. The van der Waals surface area contributed by atoms with E-state index in [1.165, 1.54) is 37.5 Å². The fourth-order valence-electron chi connectivity index (χ4n) is 2.10. The van der Waals surface area contributed by atoms with Gasteiger partial charge in [-0.2, -0.15) is 5.26 Å². The molecular formula is C20H18N2O4. The lowest BCUT2D eigenvalue weighted by atomic mass is 10.1. The van der Waals surface area contributed by atoms with Crippen LogP contribution >= 0.6 is 0 Å². The summed E-state index contributed by atoms with van der Waals surface area (Å²) in [6, 6.07) is 12.9. The van der Waals surface area contributed by atoms with Crippen molar-refractivity contribution in [2.75, 3.05) is 19.0 Å². The number of nitriles is 1. The Bertz CT molecular complexity index is 864. The fraction of sp³-hybridized carbons (Fsp3) is 0.100. The van der Waals surface area contributed by atoms with Gasteiger partial charge >= 0.3 is 0 Å². The molecule has 2 aromatic rings. The molecule has 0 radical (unpaired) electrons. The molecule has 0 aromatic heterocycles. The van der Waals surface area contributed by atoms with Crippen molar-refractivity contribution in [3.05, 3.63) is 66.3 Å². The van der Waals surface area contributed by atoms with Crippen LogP contribution in [-0.4, -0.2) is 24.7 Å². The molecule has 132 valence electrons. The van der Waals surface area contributed by atoms with Crippen LogP contribution in [0, 0.1) is 11.3 Å². The maximum absolute atomic E-state index is 12.3. The molecule has 2 N–H and O–H groups in total. The maximum Gasteiger partial charge on any atom is 0.266 e. The molecule has 1 amide bonds. The largest absolute Gasteiger partial charge is 0.508 e. The minimum absolute atomic E-state index is 0.0695. The van der Waals surface area contributed by atoms with Gasteiger partial charge in [0.05, 0.1) is 7.11 Å². The van der Waals surface area contributed by atoms with Gasteiger partial charge in [0.15, 0.2) is 11.5 Å². The van der Waals surface area contributed by atoms with Crippen molar-refractivity contribution in [3.63, 3.8) is 0 Å². The minimum atomic E-state index is -0.552. The molecule has 0 heterocycles. The summed E-state index contributed by atoms with van der Waals surface area (Å²) < 4.78 is 10.7. The van der Waals surface area contributed by atoms with Gasteiger partial charge in [-0.15, -0.1) is 0 Å². The molecule has 0 unspecified atom stereocenters. The zero-order valence-electron chi connectivity index (χ0n) is 14.2. The zero-order valence-corrected chi connectivity index (χ0v) is 14.2. The van der Waals surface area contributed by atoms with E-state index in [0.29, 0.717) is 29.4 Å². The Kier molecular flexibility index (Phi) is 6.40. The summed E-state index contributed by atoms with van der Waals surface area (Å²) in [5, 5.41) is 21.2. The van der Waals surface area contributed by atoms with E-state index >= 15 is 0 Å². The van der Waals surface area contributed by atoms with E-state index in [0.717, 1.165) is 0 Å². The van der Waals surface area contributed by atoms with Crippen LogP contribution in [0.15, 0.2) is 60.7 Å². The van der Waals surface area contributed by atoms with Gasteiger partial charge in [-0.25, -0.2) is 0 Å². The third-order valence-corrected chi connectivity index (χ3v) is 3.35. The van der Waals surface area contributed by atoms with Crippen LogP contribution in [-0.2, 0) is 4.79 Å². The Morgan fingerprint density at radius 3 is 2.62 bits per heavy atom. The first-order valence-electron chi connectivity index (χ1n) is 7.71. The number of aromatic hydroxyl groups is 1. The predicted molar refractivity (Wildman–Crippen MR) is 99.0 cm³/mol. The highest BCUT2D eigenvalue weighted by molar-refractivity contribution is 6.09. The third kappa shape index (κ3) is 4.89. The number of methoxy groups -OCH3 is 1. The van der Waals surface area contributed by atoms with E-state index in [1.54, 1.807) is 24.3 Å². The van der Waals surface area contributed by atoms with Gasteiger partial charge in [0.25, 0.3) is 5.91 Å². The first-order valence-corrected chi connectivity index (χ1v) is 7.71. The molecule has 0 spiro atoms. The quantitative estimate of drug-likeness (QED) is 0.345. The number of phenolic OH excluding ortho intramolecular Hbond substituents is 1. The predicted octanol–water partition coefficient (Wildman–Crippen LogP) is 3.51. The van der Waals surface area contributed by atoms with Gasteiger partial charge < -0.3 is 19.9 Å².